The van der Waals surface area contributed by atoms with Gasteiger partial charge in [-0.25, -0.2) is 4.79 Å². The number of nitrogens with two attached hydrogens (primary N) is 2. The van der Waals surface area contributed by atoms with Crippen LogP contribution in [0, 0.1) is 5.92 Å². The van der Waals surface area contributed by atoms with E-state index in [0.717, 1.165) is 0 Å². The smallest absolute Gasteiger partial charge is 0.326 e. The zero-order valence-electron chi connectivity index (χ0n) is 14.0. The van der Waals surface area contributed by atoms with Crippen LogP contribution in [0.1, 0.15) is 33.6 Å². The van der Waals surface area contributed by atoms with Crippen LogP contribution in [0.3, 0.4) is 0 Å². The molecular weight excluding hydrogens is 320 g/mol. The molecule has 4 unspecified atom stereocenters. The van der Waals surface area contributed by atoms with Crippen LogP contribution in [0.5, 0.6) is 0 Å². The maximum atomic E-state index is 12.3. The molecule has 0 heterocycles. The topological polar surface area (TPSA) is 185 Å². The molecule has 3 amide bonds. The minimum Gasteiger partial charge on any atom is -0.480 e. The van der Waals surface area contributed by atoms with Gasteiger partial charge in [0, 0.05) is 6.42 Å². The standard InChI is InChI=1S/C14H26N4O6/c1-6(2)11(14(23)24)18-12(21)8(4-5-9(15)20)17-13(22)10(16)7(3)19/h6-8,10-11,19H,4-5,16H2,1-3H3,(H2,15,20)(H,17,22)(H,18,21)(H,23,24). The van der Waals surface area contributed by atoms with Crippen LogP contribution in [0.4, 0.5) is 0 Å². The highest BCUT2D eigenvalue weighted by molar-refractivity contribution is 5.92. The fourth-order valence-corrected chi connectivity index (χ4v) is 1.81. The number of carbonyl (C=O) groups excluding carboxylic acids is 3. The summed E-state index contributed by atoms with van der Waals surface area (Å²) in [5, 5.41) is 23.0. The van der Waals surface area contributed by atoms with Crippen molar-refractivity contribution in [1.82, 2.24) is 10.6 Å². The Bertz CT molecular complexity index is 480. The second-order valence-electron chi connectivity index (χ2n) is 5.90. The molecule has 0 aliphatic carbocycles. The quantitative estimate of drug-likeness (QED) is 0.256. The Balaban J connectivity index is 5.10. The zero-order chi connectivity index (χ0) is 19.0. The summed E-state index contributed by atoms with van der Waals surface area (Å²) in [6.07, 6.45) is -1.46. The normalized spacial score (nSPS) is 15.9. The number of primary amides is 1. The van der Waals surface area contributed by atoms with Gasteiger partial charge in [0.25, 0.3) is 0 Å². The number of amides is 3. The average molecular weight is 346 g/mol. The van der Waals surface area contributed by atoms with Crippen molar-refractivity contribution >= 4 is 23.7 Å². The third-order valence-corrected chi connectivity index (χ3v) is 3.37. The number of aliphatic carboxylic acids is 1. The van der Waals surface area contributed by atoms with Gasteiger partial charge in [0.15, 0.2) is 0 Å². The van der Waals surface area contributed by atoms with E-state index >= 15 is 0 Å². The fourth-order valence-electron chi connectivity index (χ4n) is 1.81. The Morgan fingerprint density at radius 1 is 1.04 bits per heavy atom. The monoisotopic (exact) mass is 346 g/mol. The third kappa shape index (κ3) is 7.38. The van der Waals surface area contributed by atoms with E-state index in [0.29, 0.717) is 0 Å². The molecule has 0 saturated carbocycles. The van der Waals surface area contributed by atoms with E-state index in [-0.39, 0.29) is 12.8 Å². The number of aliphatic hydroxyl groups is 1. The molecule has 0 aromatic heterocycles. The number of carbonyl (C=O) groups is 4. The number of carboxylic acids is 1. The molecule has 0 rings (SSSR count). The van der Waals surface area contributed by atoms with Crippen molar-refractivity contribution in [2.45, 2.75) is 57.8 Å². The van der Waals surface area contributed by atoms with Crippen LogP contribution in [0.25, 0.3) is 0 Å². The Morgan fingerprint density at radius 2 is 1.58 bits per heavy atom. The highest BCUT2D eigenvalue weighted by Gasteiger charge is 2.30. The first-order valence-electron chi connectivity index (χ1n) is 7.52. The average Bonchev–Trinajstić information content (AvgIpc) is 2.46. The minimum atomic E-state index is -1.27. The first-order chi connectivity index (χ1) is 11.0. The summed E-state index contributed by atoms with van der Waals surface area (Å²) >= 11 is 0. The maximum Gasteiger partial charge on any atom is 0.326 e. The highest BCUT2D eigenvalue weighted by Crippen LogP contribution is 2.05. The van der Waals surface area contributed by atoms with E-state index in [1.165, 1.54) is 6.92 Å². The summed E-state index contributed by atoms with van der Waals surface area (Å²) in [5.74, 6) is -3.87. The second kappa shape index (κ2) is 9.83. The molecule has 0 aromatic carbocycles. The van der Waals surface area contributed by atoms with Gasteiger partial charge in [-0.2, -0.15) is 0 Å². The molecule has 0 aromatic rings. The van der Waals surface area contributed by atoms with Crippen LogP contribution in [-0.2, 0) is 19.2 Å². The van der Waals surface area contributed by atoms with Crippen LogP contribution in [0.15, 0.2) is 0 Å². The molecule has 0 radical (unpaired) electrons. The minimum absolute atomic E-state index is 0.121. The van der Waals surface area contributed by atoms with Crippen molar-refractivity contribution in [2.24, 2.45) is 17.4 Å². The molecule has 10 nitrogen and oxygen atoms in total. The van der Waals surface area contributed by atoms with Gasteiger partial charge in [0.05, 0.1) is 6.10 Å². The SMILES string of the molecule is CC(C)C(NC(=O)C(CCC(N)=O)NC(=O)C(N)C(C)O)C(=O)O. The summed E-state index contributed by atoms with van der Waals surface area (Å²) in [7, 11) is 0. The van der Waals surface area contributed by atoms with E-state index in [2.05, 4.69) is 10.6 Å². The van der Waals surface area contributed by atoms with Crippen molar-refractivity contribution in [2.75, 3.05) is 0 Å². The van der Waals surface area contributed by atoms with E-state index in [4.69, 9.17) is 16.6 Å². The number of hydrogen-bond donors (Lipinski definition) is 6. The third-order valence-electron chi connectivity index (χ3n) is 3.37. The van der Waals surface area contributed by atoms with E-state index in [1.807, 2.05) is 0 Å². The molecule has 0 spiro atoms. The van der Waals surface area contributed by atoms with Crippen molar-refractivity contribution < 1.29 is 29.4 Å². The Hall–Kier alpha value is -2.20. The summed E-state index contributed by atoms with van der Waals surface area (Å²) in [6, 6.07) is -3.62. The molecule has 0 aliphatic heterocycles. The first-order valence-corrected chi connectivity index (χ1v) is 7.52. The first kappa shape index (κ1) is 21.8. The Kier molecular flexibility index (Phi) is 8.93. The van der Waals surface area contributed by atoms with Gasteiger partial charge in [0.2, 0.25) is 17.7 Å². The van der Waals surface area contributed by atoms with Crippen LogP contribution < -0.4 is 22.1 Å². The molecular formula is C14H26N4O6. The Labute approximate surface area is 139 Å². The molecule has 0 saturated heterocycles. The van der Waals surface area contributed by atoms with E-state index in [1.54, 1.807) is 13.8 Å². The van der Waals surface area contributed by atoms with E-state index < -0.39 is 53.8 Å². The number of rotatable bonds is 10. The van der Waals surface area contributed by atoms with Crippen molar-refractivity contribution in [3.63, 3.8) is 0 Å². The fraction of sp³-hybridized carbons (Fsp3) is 0.714. The zero-order valence-corrected chi connectivity index (χ0v) is 14.0. The molecule has 138 valence electrons. The molecule has 24 heavy (non-hydrogen) atoms. The van der Waals surface area contributed by atoms with Gasteiger partial charge < -0.3 is 32.3 Å². The predicted octanol–water partition coefficient (Wildman–Crippen LogP) is -2.33. The second-order valence-corrected chi connectivity index (χ2v) is 5.90. The summed E-state index contributed by atoms with van der Waals surface area (Å²) in [4.78, 5) is 46.2. The van der Waals surface area contributed by atoms with Gasteiger partial charge in [-0.3, -0.25) is 14.4 Å². The highest BCUT2D eigenvalue weighted by atomic mass is 16.4. The maximum absolute atomic E-state index is 12.3. The van der Waals surface area contributed by atoms with E-state index in [9.17, 15) is 24.3 Å². The summed E-state index contributed by atoms with van der Waals surface area (Å²) in [6.45, 7) is 4.53. The van der Waals surface area contributed by atoms with Crippen molar-refractivity contribution in [1.29, 1.82) is 0 Å². The predicted molar refractivity (Wildman–Crippen MR) is 84.4 cm³/mol. The van der Waals surface area contributed by atoms with Gasteiger partial charge >= 0.3 is 5.97 Å². The lowest BCUT2D eigenvalue weighted by Gasteiger charge is -2.24. The van der Waals surface area contributed by atoms with Crippen LogP contribution in [-0.4, -0.2) is 58.1 Å². The molecule has 0 bridgehead atoms. The molecule has 0 aliphatic rings. The lowest BCUT2D eigenvalue weighted by atomic mass is 10.0. The Morgan fingerprint density at radius 3 is 1.96 bits per heavy atom. The van der Waals surface area contributed by atoms with Crippen LogP contribution >= 0.6 is 0 Å². The van der Waals surface area contributed by atoms with Crippen molar-refractivity contribution in [3.05, 3.63) is 0 Å². The van der Waals surface area contributed by atoms with Crippen LogP contribution in [0.2, 0.25) is 0 Å². The van der Waals surface area contributed by atoms with Gasteiger partial charge in [-0.15, -0.1) is 0 Å². The lowest BCUT2D eigenvalue weighted by molar-refractivity contribution is -0.143. The number of carboxylic acid groups (broad SMARTS) is 1. The molecule has 4 atom stereocenters. The summed E-state index contributed by atoms with van der Waals surface area (Å²) < 4.78 is 0. The largest absolute Gasteiger partial charge is 0.480 e. The van der Waals surface area contributed by atoms with Crippen molar-refractivity contribution in [3.8, 4) is 0 Å². The number of aliphatic hydroxyl groups excluding tert-OH is 1. The number of hydrogen-bond acceptors (Lipinski definition) is 6. The van der Waals surface area contributed by atoms with Gasteiger partial charge in [0.1, 0.15) is 18.1 Å². The van der Waals surface area contributed by atoms with Gasteiger partial charge in [-0.1, -0.05) is 13.8 Å². The number of nitrogens with one attached hydrogen (secondary N) is 2. The molecule has 0 fully saturated rings. The summed E-state index contributed by atoms with van der Waals surface area (Å²) in [5.41, 5.74) is 10.5. The molecule has 8 N–H and O–H groups in total. The van der Waals surface area contributed by atoms with Gasteiger partial charge in [-0.05, 0) is 19.3 Å². The lowest BCUT2D eigenvalue weighted by Crippen LogP contribution is -2.57. The molecule has 10 heteroatoms.